The minimum absolute atomic E-state index is 0.0886. The number of nitrogens with one attached hydrogen (secondary N) is 2. The standard InChI is InChI=1S/C20H30N6O5/c21-11-2-1-4-16(19(28)23-14-6-8-15(9-7-14)26(30)31)24-20(29)17-5-3-13-25(17)18(27)10-12-22/h6-9,16-17H,1-5,10-13,21-22H2,(H,23,28)(H,24,29)/t16-,17-/m0/s1. The molecule has 6 N–H and O–H groups in total. The first kappa shape index (κ1) is 24.2. The molecule has 170 valence electrons. The van der Waals surface area contributed by atoms with Crippen LogP contribution in [0.4, 0.5) is 11.4 Å². The first-order chi connectivity index (χ1) is 14.9. The Hall–Kier alpha value is -3.05. The van der Waals surface area contributed by atoms with Gasteiger partial charge in [-0.25, -0.2) is 0 Å². The fourth-order valence-electron chi connectivity index (χ4n) is 3.53. The Kier molecular flexibility index (Phi) is 9.35. The van der Waals surface area contributed by atoms with Crippen LogP contribution >= 0.6 is 0 Å². The smallest absolute Gasteiger partial charge is 0.269 e. The molecule has 2 atom stereocenters. The maximum atomic E-state index is 12.9. The monoisotopic (exact) mass is 434 g/mol. The van der Waals surface area contributed by atoms with Gasteiger partial charge in [0.25, 0.3) is 5.69 Å². The van der Waals surface area contributed by atoms with Crippen LogP contribution in [0.5, 0.6) is 0 Å². The number of nitro groups is 1. The van der Waals surface area contributed by atoms with E-state index in [0.717, 1.165) is 0 Å². The van der Waals surface area contributed by atoms with Gasteiger partial charge in [0.05, 0.1) is 4.92 Å². The normalized spacial score (nSPS) is 16.6. The van der Waals surface area contributed by atoms with E-state index >= 15 is 0 Å². The fraction of sp³-hybridized carbons (Fsp3) is 0.550. The zero-order chi connectivity index (χ0) is 22.8. The van der Waals surface area contributed by atoms with Gasteiger partial charge in [-0.2, -0.15) is 0 Å². The molecule has 1 aromatic rings. The molecule has 0 aliphatic carbocycles. The first-order valence-corrected chi connectivity index (χ1v) is 10.4. The number of nitro benzene ring substituents is 1. The van der Waals surface area contributed by atoms with Crippen LogP contribution in [0.15, 0.2) is 24.3 Å². The Bertz CT molecular complexity index is 785. The van der Waals surface area contributed by atoms with Crippen molar-refractivity contribution in [3.05, 3.63) is 34.4 Å². The molecule has 0 aromatic heterocycles. The number of non-ortho nitro benzene ring substituents is 1. The lowest BCUT2D eigenvalue weighted by Gasteiger charge is -2.26. The van der Waals surface area contributed by atoms with E-state index in [4.69, 9.17) is 11.5 Å². The van der Waals surface area contributed by atoms with Crippen molar-refractivity contribution in [2.75, 3.05) is 25.0 Å². The lowest BCUT2D eigenvalue weighted by atomic mass is 10.1. The van der Waals surface area contributed by atoms with E-state index in [1.54, 1.807) is 0 Å². The number of likely N-dealkylation sites (tertiary alicyclic amines) is 1. The molecule has 3 amide bonds. The van der Waals surface area contributed by atoms with Crippen LogP contribution in [-0.4, -0.2) is 59.3 Å². The molecule has 11 heteroatoms. The van der Waals surface area contributed by atoms with Crippen LogP contribution in [0.1, 0.15) is 38.5 Å². The van der Waals surface area contributed by atoms with E-state index in [2.05, 4.69) is 10.6 Å². The Morgan fingerprint density at radius 1 is 1.16 bits per heavy atom. The number of hydrogen-bond donors (Lipinski definition) is 4. The number of nitrogens with two attached hydrogens (primary N) is 2. The van der Waals surface area contributed by atoms with Gasteiger partial charge < -0.3 is 27.0 Å². The van der Waals surface area contributed by atoms with Crippen molar-refractivity contribution in [2.45, 2.75) is 50.6 Å². The van der Waals surface area contributed by atoms with E-state index in [1.165, 1.54) is 29.2 Å². The fourth-order valence-corrected chi connectivity index (χ4v) is 3.53. The number of nitrogens with zero attached hydrogens (tertiary/aromatic N) is 2. The van der Waals surface area contributed by atoms with E-state index < -0.39 is 22.9 Å². The van der Waals surface area contributed by atoms with Crippen LogP contribution in [-0.2, 0) is 14.4 Å². The van der Waals surface area contributed by atoms with Gasteiger partial charge in [-0.15, -0.1) is 0 Å². The number of carbonyl (C=O) groups is 3. The average Bonchev–Trinajstić information content (AvgIpc) is 3.24. The number of rotatable bonds is 11. The summed E-state index contributed by atoms with van der Waals surface area (Å²) in [4.78, 5) is 49.7. The molecule has 1 saturated heterocycles. The van der Waals surface area contributed by atoms with E-state index in [0.29, 0.717) is 50.9 Å². The Balaban J connectivity index is 2.06. The second kappa shape index (κ2) is 12.0. The molecule has 1 aromatic carbocycles. The van der Waals surface area contributed by atoms with Crippen LogP contribution in [0.2, 0.25) is 0 Å². The number of unbranched alkanes of at least 4 members (excludes halogenated alkanes) is 1. The molecule has 2 rings (SSSR count). The third kappa shape index (κ3) is 7.00. The topological polar surface area (TPSA) is 174 Å². The van der Waals surface area contributed by atoms with Gasteiger partial charge in [0.15, 0.2) is 0 Å². The third-order valence-electron chi connectivity index (χ3n) is 5.16. The maximum absolute atomic E-state index is 12.9. The van der Waals surface area contributed by atoms with Gasteiger partial charge >= 0.3 is 0 Å². The molecule has 0 radical (unpaired) electrons. The van der Waals surface area contributed by atoms with E-state index in [9.17, 15) is 24.5 Å². The predicted molar refractivity (Wildman–Crippen MR) is 115 cm³/mol. The number of carbonyl (C=O) groups excluding carboxylic acids is 3. The molecule has 1 aliphatic heterocycles. The van der Waals surface area contributed by atoms with Gasteiger partial charge in [-0.3, -0.25) is 24.5 Å². The average molecular weight is 434 g/mol. The summed E-state index contributed by atoms with van der Waals surface area (Å²) in [7, 11) is 0. The van der Waals surface area contributed by atoms with Crippen molar-refractivity contribution in [1.29, 1.82) is 0 Å². The molecular formula is C20H30N6O5. The number of amides is 3. The minimum atomic E-state index is -0.818. The van der Waals surface area contributed by atoms with Crippen molar-refractivity contribution in [2.24, 2.45) is 11.5 Å². The molecule has 1 fully saturated rings. The Labute approximate surface area is 180 Å². The van der Waals surface area contributed by atoms with Gasteiger partial charge in [-0.05, 0) is 50.8 Å². The SMILES string of the molecule is NCCCC[C@H](NC(=O)[C@@H]1CCCN1C(=O)CCN)C(=O)Nc1ccc([N+](=O)[O-])cc1. The van der Waals surface area contributed by atoms with Gasteiger partial charge in [0.1, 0.15) is 12.1 Å². The summed E-state index contributed by atoms with van der Waals surface area (Å²) in [5.74, 6) is -0.980. The second-order valence-electron chi connectivity index (χ2n) is 7.42. The molecule has 1 heterocycles. The van der Waals surface area contributed by atoms with Crippen LogP contribution in [0.3, 0.4) is 0 Å². The zero-order valence-corrected chi connectivity index (χ0v) is 17.4. The summed E-state index contributed by atoms with van der Waals surface area (Å²) < 4.78 is 0. The summed E-state index contributed by atoms with van der Waals surface area (Å²) in [6, 6.07) is 4.00. The van der Waals surface area contributed by atoms with E-state index in [1.807, 2.05) is 0 Å². The van der Waals surface area contributed by atoms with Gasteiger partial charge in [-0.1, -0.05) is 0 Å². The maximum Gasteiger partial charge on any atom is 0.269 e. The zero-order valence-electron chi connectivity index (χ0n) is 17.4. The quantitative estimate of drug-likeness (QED) is 0.223. The minimum Gasteiger partial charge on any atom is -0.343 e. The van der Waals surface area contributed by atoms with Crippen molar-refractivity contribution in [3.8, 4) is 0 Å². The molecule has 0 saturated carbocycles. The van der Waals surface area contributed by atoms with Crippen molar-refractivity contribution < 1.29 is 19.3 Å². The molecule has 0 unspecified atom stereocenters. The Morgan fingerprint density at radius 3 is 2.48 bits per heavy atom. The number of anilines is 1. The van der Waals surface area contributed by atoms with Crippen LogP contribution in [0, 0.1) is 10.1 Å². The lowest BCUT2D eigenvalue weighted by Crippen LogP contribution is -2.52. The molecular weight excluding hydrogens is 404 g/mol. The molecule has 31 heavy (non-hydrogen) atoms. The molecule has 11 nitrogen and oxygen atoms in total. The van der Waals surface area contributed by atoms with Crippen LogP contribution < -0.4 is 22.1 Å². The van der Waals surface area contributed by atoms with Crippen molar-refractivity contribution in [3.63, 3.8) is 0 Å². The van der Waals surface area contributed by atoms with Gasteiger partial charge in [0.2, 0.25) is 17.7 Å². The van der Waals surface area contributed by atoms with Crippen molar-refractivity contribution in [1.82, 2.24) is 10.2 Å². The second-order valence-corrected chi connectivity index (χ2v) is 7.42. The van der Waals surface area contributed by atoms with Gasteiger partial charge in [0, 0.05) is 37.3 Å². The summed E-state index contributed by atoms with van der Waals surface area (Å²) in [5.41, 5.74) is 11.3. The lowest BCUT2D eigenvalue weighted by molar-refractivity contribution is -0.384. The highest BCUT2D eigenvalue weighted by atomic mass is 16.6. The number of benzene rings is 1. The van der Waals surface area contributed by atoms with E-state index in [-0.39, 0.29) is 30.5 Å². The Morgan fingerprint density at radius 2 is 1.87 bits per heavy atom. The summed E-state index contributed by atoms with van der Waals surface area (Å²) in [6.07, 6.45) is 3.12. The highest BCUT2D eigenvalue weighted by Crippen LogP contribution is 2.20. The molecule has 0 bridgehead atoms. The number of hydrogen-bond acceptors (Lipinski definition) is 7. The highest BCUT2D eigenvalue weighted by Gasteiger charge is 2.35. The summed E-state index contributed by atoms with van der Waals surface area (Å²) in [5, 5.41) is 16.2. The first-order valence-electron chi connectivity index (χ1n) is 10.4. The summed E-state index contributed by atoms with van der Waals surface area (Å²) in [6.45, 7) is 1.17. The highest BCUT2D eigenvalue weighted by molar-refractivity contribution is 5.98. The molecule has 1 aliphatic rings. The molecule has 0 spiro atoms. The predicted octanol–water partition coefficient (Wildman–Crippen LogP) is 0.487. The van der Waals surface area contributed by atoms with Crippen molar-refractivity contribution >= 4 is 29.1 Å². The largest absolute Gasteiger partial charge is 0.343 e. The third-order valence-corrected chi connectivity index (χ3v) is 5.16. The van der Waals surface area contributed by atoms with Crippen LogP contribution in [0.25, 0.3) is 0 Å². The summed E-state index contributed by atoms with van der Waals surface area (Å²) >= 11 is 0.